The van der Waals surface area contributed by atoms with Gasteiger partial charge in [0.1, 0.15) is 0 Å². The van der Waals surface area contributed by atoms with Gasteiger partial charge in [-0.25, -0.2) is 0 Å². The van der Waals surface area contributed by atoms with Crippen molar-refractivity contribution >= 4 is 0 Å². The first-order valence-electron chi connectivity index (χ1n) is 10.2. The lowest BCUT2D eigenvalue weighted by Crippen LogP contribution is -2.35. The summed E-state index contributed by atoms with van der Waals surface area (Å²) in [5.74, 6) is 4.38. The Morgan fingerprint density at radius 2 is 2.00 bits per heavy atom. The summed E-state index contributed by atoms with van der Waals surface area (Å²) < 4.78 is 0. The Balaban J connectivity index is 1.59. The molecule has 0 spiro atoms. The highest BCUT2D eigenvalue weighted by molar-refractivity contribution is 5.08. The van der Waals surface area contributed by atoms with Gasteiger partial charge in [-0.2, -0.15) is 0 Å². The Kier molecular flexibility index (Phi) is 5.54. The summed E-state index contributed by atoms with van der Waals surface area (Å²) in [6.07, 6.45) is 13.6. The van der Waals surface area contributed by atoms with E-state index in [0.29, 0.717) is 0 Å². The summed E-state index contributed by atoms with van der Waals surface area (Å²) in [6.45, 7) is 14.3. The van der Waals surface area contributed by atoms with Crippen molar-refractivity contribution in [3.05, 3.63) is 23.9 Å². The van der Waals surface area contributed by atoms with Gasteiger partial charge in [0.15, 0.2) is 0 Å². The van der Waals surface area contributed by atoms with Crippen molar-refractivity contribution in [3.63, 3.8) is 0 Å². The molecule has 0 aliphatic heterocycles. The van der Waals surface area contributed by atoms with Gasteiger partial charge in [0, 0.05) is 18.8 Å². The Bertz CT molecular complexity index is 441. The van der Waals surface area contributed by atoms with Gasteiger partial charge < -0.3 is 4.90 Å². The van der Waals surface area contributed by atoms with Crippen LogP contribution in [0, 0.1) is 29.6 Å². The quantitative estimate of drug-likeness (QED) is 0.469. The molecule has 2 saturated carbocycles. The lowest BCUT2D eigenvalue weighted by molar-refractivity contribution is 0.166. The number of hydrogen-bond acceptors (Lipinski definition) is 1. The zero-order valence-corrected chi connectivity index (χ0v) is 15.7. The fraction of sp³-hybridized carbons (Fsp3) is 0.818. The molecule has 2 fully saturated rings. The Hall–Kier alpha value is -0.720. The Morgan fingerprint density at radius 3 is 2.52 bits per heavy atom. The van der Waals surface area contributed by atoms with Gasteiger partial charge in [0.05, 0.1) is 0 Å². The molecule has 0 aromatic carbocycles. The van der Waals surface area contributed by atoms with Crippen LogP contribution in [0.2, 0.25) is 0 Å². The largest absolute Gasteiger partial charge is 0.375 e. The van der Waals surface area contributed by atoms with Crippen LogP contribution < -0.4 is 0 Å². The zero-order chi connectivity index (χ0) is 16.4. The summed E-state index contributed by atoms with van der Waals surface area (Å²) in [6, 6.07) is 0. The molecule has 3 unspecified atom stereocenters. The van der Waals surface area contributed by atoms with E-state index < -0.39 is 0 Å². The fourth-order valence-electron chi connectivity index (χ4n) is 4.39. The molecule has 0 bridgehead atoms. The molecule has 23 heavy (non-hydrogen) atoms. The van der Waals surface area contributed by atoms with Crippen LogP contribution in [0.15, 0.2) is 23.9 Å². The van der Waals surface area contributed by atoms with E-state index in [1.54, 1.807) is 5.57 Å². The molecule has 0 heterocycles. The van der Waals surface area contributed by atoms with E-state index in [4.69, 9.17) is 0 Å². The van der Waals surface area contributed by atoms with Crippen molar-refractivity contribution in [2.24, 2.45) is 29.6 Å². The molecule has 1 heteroatoms. The standard InChI is InChI=1S/C22H37N/c1-5-20(17(3)21-10-6-16(2)7-11-21)15-23(14-19-8-9-19)18(4)22-12-13-22/h6,17,19-22H,4-5,7-15H2,1-3H3. The summed E-state index contributed by atoms with van der Waals surface area (Å²) in [4.78, 5) is 2.71. The van der Waals surface area contributed by atoms with Gasteiger partial charge in [-0.05, 0) is 81.5 Å². The third-order valence-electron chi connectivity index (χ3n) is 6.78. The second-order valence-electron chi connectivity index (χ2n) is 8.73. The van der Waals surface area contributed by atoms with Crippen LogP contribution in [0.1, 0.15) is 72.1 Å². The molecule has 3 rings (SSSR count). The average Bonchev–Trinajstić information content (AvgIpc) is 3.44. The maximum Gasteiger partial charge on any atom is 0.0205 e. The van der Waals surface area contributed by atoms with Crippen LogP contribution in [0.25, 0.3) is 0 Å². The highest BCUT2D eigenvalue weighted by atomic mass is 15.1. The van der Waals surface area contributed by atoms with E-state index in [2.05, 4.69) is 38.3 Å². The fourth-order valence-corrected chi connectivity index (χ4v) is 4.39. The van der Waals surface area contributed by atoms with Crippen molar-refractivity contribution in [3.8, 4) is 0 Å². The predicted molar refractivity (Wildman–Crippen MR) is 100 cm³/mol. The van der Waals surface area contributed by atoms with Gasteiger partial charge in [0.25, 0.3) is 0 Å². The van der Waals surface area contributed by atoms with Crippen LogP contribution in [-0.2, 0) is 0 Å². The molecule has 3 atom stereocenters. The van der Waals surface area contributed by atoms with Gasteiger partial charge >= 0.3 is 0 Å². The van der Waals surface area contributed by atoms with E-state index >= 15 is 0 Å². The predicted octanol–water partition coefficient (Wildman–Crippen LogP) is 6.03. The average molecular weight is 316 g/mol. The number of nitrogens with zero attached hydrogens (tertiary/aromatic N) is 1. The van der Waals surface area contributed by atoms with Crippen LogP contribution in [0.4, 0.5) is 0 Å². The van der Waals surface area contributed by atoms with Crippen molar-refractivity contribution in [2.45, 2.75) is 72.1 Å². The van der Waals surface area contributed by atoms with E-state index in [1.165, 1.54) is 70.2 Å². The normalized spacial score (nSPS) is 27.3. The first-order valence-corrected chi connectivity index (χ1v) is 10.2. The molecule has 0 radical (unpaired) electrons. The third-order valence-corrected chi connectivity index (χ3v) is 6.78. The molecule has 0 saturated heterocycles. The van der Waals surface area contributed by atoms with E-state index in [-0.39, 0.29) is 0 Å². The summed E-state index contributed by atoms with van der Waals surface area (Å²) >= 11 is 0. The molecular formula is C22H37N. The third kappa shape index (κ3) is 4.64. The van der Waals surface area contributed by atoms with Crippen molar-refractivity contribution < 1.29 is 0 Å². The second-order valence-corrected chi connectivity index (χ2v) is 8.73. The maximum absolute atomic E-state index is 4.48. The summed E-state index contributed by atoms with van der Waals surface area (Å²) in [7, 11) is 0. The molecular weight excluding hydrogens is 278 g/mol. The number of hydrogen-bond donors (Lipinski definition) is 0. The molecule has 3 aliphatic carbocycles. The second kappa shape index (κ2) is 7.45. The zero-order valence-electron chi connectivity index (χ0n) is 15.7. The first kappa shape index (κ1) is 17.1. The highest BCUT2D eigenvalue weighted by Crippen LogP contribution is 2.41. The Labute approximate surface area is 144 Å². The molecule has 1 nitrogen and oxygen atoms in total. The van der Waals surface area contributed by atoms with Gasteiger partial charge in [-0.1, -0.05) is 38.5 Å². The SMILES string of the molecule is C=C(C1CC1)N(CC1CC1)CC(CC)C(C)C1CC=C(C)CC1. The maximum atomic E-state index is 4.48. The van der Waals surface area contributed by atoms with Crippen molar-refractivity contribution in [1.82, 2.24) is 4.90 Å². The monoisotopic (exact) mass is 315 g/mol. The lowest BCUT2D eigenvalue weighted by atomic mass is 9.74. The molecule has 0 aromatic rings. The van der Waals surface area contributed by atoms with Crippen molar-refractivity contribution in [1.29, 1.82) is 0 Å². The number of allylic oxidation sites excluding steroid dienone is 3. The van der Waals surface area contributed by atoms with Crippen LogP contribution in [-0.4, -0.2) is 18.0 Å². The molecule has 3 aliphatic rings. The molecule has 0 aromatic heterocycles. The smallest absolute Gasteiger partial charge is 0.0205 e. The highest BCUT2D eigenvalue weighted by Gasteiger charge is 2.34. The summed E-state index contributed by atoms with van der Waals surface area (Å²) in [5.41, 5.74) is 3.08. The van der Waals surface area contributed by atoms with Gasteiger partial charge in [-0.15, -0.1) is 0 Å². The minimum atomic E-state index is 0.821. The minimum absolute atomic E-state index is 0.821. The Morgan fingerprint density at radius 1 is 1.26 bits per heavy atom. The van der Waals surface area contributed by atoms with E-state index in [9.17, 15) is 0 Å². The molecule has 130 valence electrons. The first-order chi connectivity index (χ1) is 11.1. The van der Waals surface area contributed by atoms with Crippen LogP contribution in [0.3, 0.4) is 0 Å². The number of rotatable bonds is 9. The summed E-state index contributed by atoms with van der Waals surface area (Å²) in [5, 5.41) is 0. The van der Waals surface area contributed by atoms with Crippen LogP contribution >= 0.6 is 0 Å². The topological polar surface area (TPSA) is 3.24 Å². The minimum Gasteiger partial charge on any atom is -0.375 e. The molecule has 0 N–H and O–H groups in total. The molecule has 0 amide bonds. The van der Waals surface area contributed by atoms with E-state index in [1.807, 2.05) is 0 Å². The van der Waals surface area contributed by atoms with E-state index in [0.717, 1.165) is 29.6 Å². The van der Waals surface area contributed by atoms with Gasteiger partial charge in [0.2, 0.25) is 0 Å². The van der Waals surface area contributed by atoms with Crippen molar-refractivity contribution in [2.75, 3.05) is 13.1 Å². The van der Waals surface area contributed by atoms with Crippen LogP contribution in [0.5, 0.6) is 0 Å². The lowest BCUT2D eigenvalue weighted by Gasteiger charge is -2.37. The van der Waals surface area contributed by atoms with Gasteiger partial charge in [-0.3, -0.25) is 0 Å².